The first-order valence-electron chi connectivity index (χ1n) is 6.55. The summed E-state index contributed by atoms with van der Waals surface area (Å²) in [5, 5.41) is 0.195. The SMILES string of the molecule is NCCC1CCN(Cc2ccc(Cl)c(F)c2)CC1. The van der Waals surface area contributed by atoms with Crippen molar-refractivity contribution in [1.29, 1.82) is 0 Å². The lowest BCUT2D eigenvalue weighted by Crippen LogP contribution is -2.33. The zero-order valence-electron chi connectivity index (χ0n) is 10.5. The highest BCUT2D eigenvalue weighted by Gasteiger charge is 2.18. The highest BCUT2D eigenvalue weighted by Crippen LogP contribution is 2.22. The first-order chi connectivity index (χ1) is 8.69. The number of rotatable bonds is 4. The summed E-state index contributed by atoms with van der Waals surface area (Å²) in [5.74, 6) is 0.445. The molecule has 1 aromatic carbocycles. The molecule has 100 valence electrons. The Balaban J connectivity index is 1.85. The average molecular weight is 271 g/mol. The fourth-order valence-corrected chi connectivity index (χ4v) is 2.68. The van der Waals surface area contributed by atoms with Crippen LogP contribution in [0.2, 0.25) is 5.02 Å². The summed E-state index contributed by atoms with van der Waals surface area (Å²) in [7, 11) is 0. The predicted octanol–water partition coefficient (Wildman–Crippen LogP) is 3.04. The molecule has 1 aromatic rings. The predicted molar refractivity (Wildman–Crippen MR) is 73.1 cm³/mol. The van der Waals surface area contributed by atoms with E-state index in [9.17, 15) is 4.39 Å². The third-order valence-electron chi connectivity index (χ3n) is 3.67. The maximum absolute atomic E-state index is 13.3. The molecule has 0 radical (unpaired) electrons. The van der Waals surface area contributed by atoms with Crippen LogP contribution in [-0.4, -0.2) is 24.5 Å². The Morgan fingerprint density at radius 3 is 2.67 bits per heavy atom. The molecule has 1 aliphatic heterocycles. The number of halogens is 2. The van der Waals surface area contributed by atoms with Gasteiger partial charge in [0.2, 0.25) is 0 Å². The van der Waals surface area contributed by atoms with Gasteiger partial charge in [-0.05, 0) is 62.5 Å². The van der Waals surface area contributed by atoms with Gasteiger partial charge in [0.1, 0.15) is 5.82 Å². The van der Waals surface area contributed by atoms with E-state index in [1.807, 2.05) is 6.07 Å². The van der Waals surface area contributed by atoms with E-state index in [4.69, 9.17) is 17.3 Å². The Labute approximate surface area is 113 Å². The van der Waals surface area contributed by atoms with Gasteiger partial charge in [-0.15, -0.1) is 0 Å². The van der Waals surface area contributed by atoms with Gasteiger partial charge in [-0.1, -0.05) is 17.7 Å². The van der Waals surface area contributed by atoms with Gasteiger partial charge < -0.3 is 5.73 Å². The van der Waals surface area contributed by atoms with Crippen LogP contribution >= 0.6 is 11.6 Å². The lowest BCUT2D eigenvalue weighted by atomic mass is 9.93. The normalized spacial score (nSPS) is 18.2. The zero-order valence-corrected chi connectivity index (χ0v) is 11.3. The van der Waals surface area contributed by atoms with Crippen molar-refractivity contribution in [2.75, 3.05) is 19.6 Å². The van der Waals surface area contributed by atoms with Crippen molar-refractivity contribution in [3.63, 3.8) is 0 Å². The minimum atomic E-state index is -0.327. The fraction of sp³-hybridized carbons (Fsp3) is 0.571. The third-order valence-corrected chi connectivity index (χ3v) is 3.98. The molecule has 2 N–H and O–H groups in total. The van der Waals surface area contributed by atoms with Crippen molar-refractivity contribution in [3.05, 3.63) is 34.6 Å². The highest BCUT2D eigenvalue weighted by molar-refractivity contribution is 6.30. The largest absolute Gasteiger partial charge is 0.330 e. The zero-order chi connectivity index (χ0) is 13.0. The van der Waals surface area contributed by atoms with Crippen LogP contribution in [0.1, 0.15) is 24.8 Å². The summed E-state index contributed by atoms with van der Waals surface area (Å²) in [4.78, 5) is 2.37. The van der Waals surface area contributed by atoms with Crippen molar-refractivity contribution in [2.24, 2.45) is 11.7 Å². The molecule has 2 nitrogen and oxygen atoms in total. The molecule has 0 bridgehead atoms. The molecule has 0 saturated carbocycles. The Kier molecular flexibility index (Phi) is 4.98. The van der Waals surface area contributed by atoms with Crippen LogP contribution in [0, 0.1) is 11.7 Å². The monoisotopic (exact) mass is 270 g/mol. The van der Waals surface area contributed by atoms with E-state index in [1.54, 1.807) is 6.07 Å². The van der Waals surface area contributed by atoms with Crippen molar-refractivity contribution < 1.29 is 4.39 Å². The number of hydrogen-bond acceptors (Lipinski definition) is 2. The van der Waals surface area contributed by atoms with Crippen LogP contribution in [0.4, 0.5) is 4.39 Å². The number of nitrogens with two attached hydrogens (primary N) is 1. The first kappa shape index (κ1) is 13.8. The van der Waals surface area contributed by atoms with E-state index in [-0.39, 0.29) is 10.8 Å². The van der Waals surface area contributed by atoms with Crippen LogP contribution < -0.4 is 5.73 Å². The summed E-state index contributed by atoms with van der Waals surface area (Å²) in [6.45, 7) is 3.75. The van der Waals surface area contributed by atoms with Crippen LogP contribution in [0.3, 0.4) is 0 Å². The molecule has 2 rings (SSSR count). The second-order valence-electron chi connectivity index (χ2n) is 5.05. The third kappa shape index (κ3) is 3.67. The van der Waals surface area contributed by atoms with Gasteiger partial charge >= 0.3 is 0 Å². The van der Waals surface area contributed by atoms with Crippen LogP contribution in [0.25, 0.3) is 0 Å². The van der Waals surface area contributed by atoms with Crippen molar-refractivity contribution in [1.82, 2.24) is 4.90 Å². The molecule has 4 heteroatoms. The summed E-state index contributed by atoms with van der Waals surface area (Å²) < 4.78 is 13.3. The van der Waals surface area contributed by atoms with E-state index < -0.39 is 0 Å². The Morgan fingerprint density at radius 2 is 2.06 bits per heavy atom. The Hall–Kier alpha value is -0.640. The molecular formula is C14H20ClFN2. The van der Waals surface area contributed by atoms with Gasteiger partial charge in [-0.3, -0.25) is 4.90 Å². The maximum Gasteiger partial charge on any atom is 0.142 e. The van der Waals surface area contributed by atoms with E-state index in [2.05, 4.69) is 4.90 Å². The molecule has 0 atom stereocenters. The molecule has 0 spiro atoms. The van der Waals surface area contributed by atoms with E-state index in [0.29, 0.717) is 0 Å². The fourth-order valence-electron chi connectivity index (χ4n) is 2.57. The Morgan fingerprint density at radius 1 is 1.33 bits per heavy atom. The summed E-state index contributed by atoms with van der Waals surface area (Å²) in [5.41, 5.74) is 6.58. The minimum absolute atomic E-state index is 0.195. The second kappa shape index (κ2) is 6.50. The molecule has 1 saturated heterocycles. The molecule has 1 heterocycles. The molecule has 18 heavy (non-hydrogen) atoms. The standard InChI is InChI=1S/C14H20ClFN2/c15-13-2-1-12(9-14(13)16)10-18-7-4-11(3-6-17)5-8-18/h1-2,9,11H,3-8,10,17H2. The van der Waals surface area contributed by atoms with Crippen molar-refractivity contribution in [2.45, 2.75) is 25.8 Å². The quantitative estimate of drug-likeness (QED) is 0.911. The number of benzene rings is 1. The van der Waals surface area contributed by atoms with Gasteiger partial charge in [-0.2, -0.15) is 0 Å². The molecular weight excluding hydrogens is 251 g/mol. The van der Waals surface area contributed by atoms with Crippen LogP contribution in [-0.2, 0) is 6.54 Å². The highest BCUT2D eigenvalue weighted by atomic mass is 35.5. The molecule has 0 aromatic heterocycles. The lowest BCUT2D eigenvalue weighted by molar-refractivity contribution is 0.173. The van der Waals surface area contributed by atoms with Crippen molar-refractivity contribution in [3.8, 4) is 0 Å². The van der Waals surface area contributed by atoms with E-state index in [1.165, 1.54) is 18.9 Å². The van der Waals surface area contributed by atoms with Gasteiger partial charge in [0.05, 0.1) is 5.02 Å². The topological polar surface area (TPSA) is 29.3 Å². The molecule has 0 amide bonds. The minimum Gasteiger partial charge on any atom is -0.330 e. The van der Waals surface area contributed by atoms with E-state index in [0.717, 1.165) is 44.1 Å². The average Bonchev–Trinajstić information content (AvgIpc) is 2.37. The number of piperidine rings is 1. The summed E-state index contributed by atoms with van der Waals surface area (Å²) >= 11 is 5.68. The number of hydrogen-bond donors (Lipinski definition) is 1. The van der Waals surface area contributed by atoms with E-state index >= 15 is 0 Å². The lowest BCUT2D eigenvalue weighted by Gasteiger charge is -2.31. The maximum atomic E-state index is 13.3. The van der Waals surface area contributed by atoms with Crippen molar-refractivity contribution >= 4 is 11.6 Å². The molecule has 1 aliphatic rings. The van der Waals surface area contributed by atoms with Gasteiger partial charge in [0, 0.05) is 6.54 Å². The number of nitrogens with zero attached hydrogens (tertiary/aromatic N) is 1. The second-order valence-corrected chi connectivity index (χ2v) is 5.45. The number of likely N-dealkylation sites (tertiary alicyclic amines) is 1. The molecule has 1 fully saturated rings. The molecule has 0 aliphatic carbocycles. The smallest absolute Gasteiger partial charge is 0.142 e. The molecule has 0 unspecified atom stereocenters. The van der Waals surface area contributed by atoms with Gasteiger partial charge in [0.25, 0.3) is 0 Å². The first-order valence-corrected chi connectivity index (χ1v) is 6.93. The Bertz CT molecular complexity index is 389. The van der Waals surface area contributed by atoms with Gasteiger partial charge in [0.15, 0.2) is 0 Å². The summed E-state index contributed by atoms with van der Waals surface area (Å²) in [6, 6.07) is 5.07. The summed E-state index contributed by atoms with van der Waals surface area (Å²) in [6.07, 6.45) is 3.53. The van der Waals surface area contributed by atoms with Crippen LogP contribution in [0.15, 0.2) is 18.2 Å². The van der Waals surface area contributed by atoms with Crippen LogP contribution in [0.5, 0.6) is 0 Å². The van der Waals surface area contributed by atoms with Gasteiger partial charge in [-0.25, -0.2) is 4.39 Å².